The number of nitrogens with zero attached hydrogens (tertiary/aromatic N) is 2. The summed E-state index contributed by atoms with van der Waals surface area (Å²) in [4.78, 5) is 24.1. The van der Waals surface area contributed by atoms with Crippen LogP contribution in [-0.4, -0.2) is 9.13 Å². The maximum absolute atomic E-state index is 12.8. The van der Waals surface area contributed by atoms with Gasteiger partial charge in [-0.05, 0) is 31.0 Å². The zero-order valence-corrected chi connectivity index (χ0v) is 11.7. The van der Waals surface area contributed by atoms with E-state index in [9.17, 15) is 22.8 Å². The fourth-order valence-corrected chi connectivity index (χ4v) is 2.10. The third kappa shape index (κ3) is 2.51. The molecule has 0 bridgehead atoms. The van der Waals surface area contributed by atoms with Crippen LogP contribution in [0.15, 0.2) is 33.9 Å². The van der Waals surface area contributed by atoms with Crippen LogP contribution in [0.1, 0.15) is 16.8 Å². The quantitative estimate of drug-likeness (QED) is 0.810. The first-order valence-electron chi connectivity index (χ1n) is 6.11. The molecule has 2 aromatic rings. The van der Waals surface area contributed by atoms with E-state index in [4.69, 9.17) is 0 Å². The molecule has 0 aliphatic carbocycles. The van der Waals surface area contributed by atoms with E-state index in [1.165, 1.54) is 6.07 Å². The van der Waals surface area contributed by atoms with Gasteiger partial charge in [-0.25, -0.2) is 9.36 Å². The summed E-state index contributed by atoms with van der Waals surface area (Å²) in [6.07, 6.45) is -4.76. The standard InChI is InChI=1S/C14H13F3N2O2/c1-8-5-4-6-10(9(8)2)19-12(20)7-11(14(15,16)17)18(3)13(19)21/h4-7H,1-3H3. The van der Waals surface area contributed by atoms with Crippen molar-refractivity contribution in [3.8, 4) is 5.69 Å². The molecule has 0 aliphatic heterocycles. The molecule has 0 atom stereocenters. The SMILES string of the molecule is Cc1cccc(-n2c(=O)cc(C(F)(F)F)n(C)c2=O)c1C. The lowest BCUT2D eigenvalue weighted by molar-refractivity contribution is -0.144. The number of aryl methyl sites for hydroxylation is 1. The second-order valence-corrected chi connectivity index (χ2v) is 4.76. The lowest BCUT2D eigenvalue weighted by atomic mass is 10.1. The Morgan fingerprint density at radius 1 is 1.10 bits per heavy atom. The lowest BCUT2D eigenvalue weighted by Crippen LogP contribution is -2.41. The van der Waals surface area contributed by atoms with E-state index < -0.39 is 23.1 Å². The van der Waals surface area contributed by atoms with Crippen molar-refractivity contribution in [1.29, 1.82) is 0 Å². The Morgan fingerprint density at radius 3 is 2.29 bits per heavy atom. The molecule has 0 saturated heterocycles. The first-order valence-corrected chi connectivity index (χ1v) is 6.11. The van der Waals surface area contributed by atoms with E-state index in [1.54, 1.807) is 26.0 Å². The summed E-state index contributed by atoms with van der Waals surface area (Å²) in [5.41, 5.74) is -1.51. The second kappa shape index (κ2) is 4.91. The van der Waals surface area contributed by atoms with Crippen LogP contribution in [-0.2, 0) is 13.2 Å². The summed E-state index contributed by atoms with van der Waals surface area (Å²) in [7, 11) is 0.992. The van der Waals surface area contributed by atoms with E-state index >= 15 is 0 Å². The van der Waals surface area contributed by atoms with Crippen LogP contribution in [0, 0.1) is 13.8 Å². The highest BCUT2D eigenvalue weighted by Crippen LogP contribution is 2.27. The average molecular weight is 298 g/mol. The van der Waals surface area contributed by atoms with Crippen molar-refractivity contribution in [3.63, 3.8) is 0 Å². The number of alkyl halides is 3. The molecule has 0 spiro atoms. The predicted molar refractivity (Wildman–Crippen MR) is 71.8 cm³/mol. The molecular formula is C14H13F3N2O2. The predicted octanol–water partition coefficient (Wildman–Crippen LogP) is 2.17. The molecule has 0 N–H and O–H groups in total. The molecule has 2 rings (SSSR count). The maximum Gasteiger partial charge on any atom is 0.431 e. The zero-order chi connectivity index (χ0) is 15.9. The summed E-state index contributed by atoms with van der Waals surface area (Å²) >= 11 is 0. The van der Waals surface area contributed by atoms with Crippen molar-refractivity contribution in [2.45, 2.75) is 20.0 Å². The number of hydrogen-bond acceptors (Lipinski definition) is 2. The molecule has 112 valence electrons. The minimum Gasteiger partial charge on any atom is -0.292 e. The zero-order valence-electron chi connectivity index (χ0n) is 11.7. The molecule has 0 aliphatic rings. The molecule has 1 aromatic heterocycles. The lowest BCUT2D eigenvalue weighted by Gasteiger charge is -2.15. The molecular weight excluding hydrogens is 285 g/mol. The van der Waals surface area contributed by atoms with E-state index in [1.807, 2.05) is 0 Å². The number of hydrogen-bond donors (Lipinski definition) is 0. The van der Waals surface area contributed by atoms with Crippen molar-refractivity contribution >= 4 is 0 Å². The molecule has 0 fully saturated rings. The van der Waals surface area contributed by atoms with Gasteiger partial charge in [0.1, 0.15) is 5.69 Å². The normalized spacial score (nSPS) is 11.7. The number of aromatic nitrogens is 2. The number of halogens is 3. The minimum absolute atomic E-state index is 0.286. The third-order valence-corrected chi connectivity index (χ3v) is 3.43. The topological polar surface area (TPSA) is 44.0 Å². The summed E-state index contributed by atoms with van der Waals surface area (Å²) in [5, 5.41) is 0. The first-order chi connectivity index (χ1) is 9.64. The molecule has 1 aromatic carbocycles. The van der Waals surface area contributed by atoms with Gasteiger partial charge in [-0.1, -0.05) is 12.1 Å². The van der Waals surface area contributed by atoms with E-state index in [0.29, 0.717) is 16.2 Å². The smallest absolute Gasteiger partial charge is 0.292 e. The van der Waals surface area contributed by atoms with Crippen LogP contribution in [0.25, 0.3) is 5.69 Å². The largest absolute Gasteiger partial charge is 0.431 e. The van der Waals surface area contributed by atoms with Crippen molar-refractivity contribution in [2.75, 3.05) is 0 Å². The molecule has 21 heavy (non-hydrogen) atoms. The highest BCUT2D eigenvalue weighted by atomic mass is 19.4. The Balaban J connectivity index is 2.85. The van der Waals surface area contributed by atoms with Gasteiger partial charge >= 0.3 is 11.9 Å². The van der Waals surface area contributed by atoms with Crippen molar-refractivity contribution in [2.24, 2.45) is 7.05 Å². The van der Waals surface area contributed by atoms with E-state index in [-0.39, 0.29) is 5.69 Å². The molecule has 0 radical (unpaired) electrons. The average Bonchev–Trinajstić information content (AvgIpc) is 2.37. The van der Waals surface area contributed by atoms with Crippen LogP contribution in [0.4, 0.5) is 13.2 Å². The monoisotopic (exact) mass is 298 g/mol. The van der Waals surface area contributed by atoms with Gasteiger partial charge in [0.2, 0.25) is 0 Å². The molecule has 4 nitrogen and oxygen atoms in total. The highest BCUT2D eigenvalue weighted by molar-refractivity contribution is 5.44. The highest BCUT2D eigenvalue weighted by Gasteiger charge is 2.35. The number of benzene rings is 1. The minimum atomic E-state index is -4.76. The summed E-state index contributed by atoms with van der Waals surface area (Å²) < 4.78 is 39.5. The van der Waals surface area contributed by atoms with E-state index in [2.05, 4.69) is 0 Å². The fourth-order valence-electron chi connectivity index (χ4n) is 2.10. The number of rotatable bonds is 1. The van der Waals surface area contributed by atoms with Gasteiger partial charge in [0.25, 0.3) is 5.56 Å². The Morgan fingerprint density at radius 2 is 1.71 bits per heavy atom. The van der Waals surface area contributed by atoms with Gasteiger partial charge in [0, 0.05) is 13.1 Å². The van der Waals surface area contributed by atoms with E-state index in [0.717, 1.165) is 17.2 Å². The second-order valence-electron chi connectivity index (χ2n) is 4.76. The van der Waals surface area contributed by atoms with Gasteiger partial charge in [-0.2, -0.15) is 13.2 Å². The van der Waals surface area contributed by atoms with Crippen LogP contribution in [0.3, 0.4) is 0 Å². The van der Waals surface area contributed by atoms with Gasteiger partial charge in [0.15, 0.2) is 0 Å². The van der Waals surface area contributed by atoms with Crippen LogP contribution < -0.4 is 11.2 Å². The Bertz CT molecular complexity index is 816. The summed E-state index contributed by atoms with van der Waals surface area (Å²) in [6, 6.07) is 5.39. The molecule has 0 saturated carbocycles. The maximum atomic E-state index is 12.8. The first kappa shape index (κ1) is 15.1. The van der Waals surface area contributed by atoms with Gasteiger partial charge < -0.3 is 0 Å². The molecule has 0 unspecified atom stereocenters. The van der Waals surface area contributed by atoms with Crippen molar-refractivity contribution in [3.05, 3.63) is 61.9 Å². The summed E-state index contributed by atoms with van der Waals surface area (Å²) in [6.45, 7) is 3.49. The van der Waals surface area contributed by atoms with Gasteiger partial charge in [-0.15, -0.1) is 0 Å². The van der Waals surface area contributed by atoms with Crippen molar-refractivity contribution in [1.82, 2.24) is 9.13 Å². The van der Waals surface area contributed by atoms with Crippen LogP contribution in [0.5, 0.6) is 0 Å². The fraction of sp³-hybridized carbons (Fsp3) is 0.286. The van der Waals surface area contributed by atoms with Crippen molar-refractivity contribution < 1.29 is 13.2 Å². The molecule has 7 heteroatoms. The van der Waals surface area contributed by atoms with Crippen LogP contribution >= 0.6 is 0 Å². The molecule has 0 amide bonds. The van der Waals surface area contributed by atoms with Crippen LogP contribution in [0.2, 0.25) is 0 Å². The van der Waals surface area contributed by atoms with Gasteiger partial charge in [0.05, 0.1) is 5.69 Å². The Labute approximate surface area is 118 Å². The Hall–Kier alpha value is -2.31. The van der Waals surface area contributed by atoms with Gasteiger partial charge in [-0.3, -0.25) is 9.36 Å². The molecule has 1 heterocycles. The third-order valence-electron chi connectivity index (χ3n) is 3.43. The summed E-state index contributed by atoms with van der Waals surface area (Å²) in [5.74, 6) is 0. The Kier molecular flexibility index (Phi) is 3.52.